The summed E-state index contributed by atoms with van der Waals surface area (Å²) in [6.07, 6.45) is 2.84. The van der Waals surface area contributed by atoms with Crippen molar-refractivity contribution in [1.29, 1.82) is 0 Å². The maximum atomic E-state index is 12.7. The summed E-state index contributed by atoms with van der Waals surface area (Å²) in [5.41, 5.74) is 1.45. The molecule has 0 spiro atoms. The van der Waals surface area contributed by atoms with Crippen LogP contribution in [0.5, 0.6) is 5.75 Å². The van der Waals surface area contributed by atoms with Gasteiger partial charge < -0.3 is 15.0 Å². The summed E-state index contributed by atoms with van der Waals surface area (Å²) in [7, 11) is 0. The van der Waals surface area contributed by atoms with Crippen molar-refractivity contribution in [2.45, 2.75) is 38.6 Å². The number of rotatable bonds is 8. The number of carbonyl (C=O) groups is 2. The van der Waals surface area contributed by atoms with E-state index < -0.39 is 0 Å². The van der Waals surface area contributed by atoms with Crippen LogP contribution in [0.1, 0.15) is 43.4 Å². The predicted molar refractivity (Wildman–Crippen MR) is 119 cm³/mol. The van der Waals surface area contributed by atoms with E-state index >= 15 is 0 Å². The number of hydrogen-bond donors (Lipinski definition) is 1. The number of benzene rings is 2. The Hall–Kier alpha value is -2.24. The molecule has 1 saturated heterocycles. The van der Waals surface area contributed by atoms with E-state index in [0.717, 1.165) is 31.5 Å². The van der Waals surface area contributed by atoms with Crippen LogP contribution in [0.3, 0.4) is 0 Å². The highest BCUT2D eigenvalue weighted by atomic mass is 35.5. The van der Waals surface area contributed by atoms with Gasteiger partial charge >= 0.3 is 0 Å². The van der Waals surface area contributed by atoms with Crippen LogP contribution in [-0.2, 0) is 16.0 Å². The van der Waals surface area contributed by atoms with Crippen LogP contribution in [-0.4, -0.2) is 36.4 Å². The SMILES string of the molecule is CCC(NC(=O)Cc1c(Cl)cccc1Cl)c1ccccc1OCC(=O)N1CCCC1. The molecule has 2 aromatic rings. The Morgan fingerprint density at radius 2 is 1.73 bits per heavy atom. The van der Waals surface area contributed by atoms with E-state index in [1.807, 2.05) is 36.1 Å². The molecule has 2 aromatic carbocycles. The molecular weight excluding hydrogens is 423 g/mol. The zero-order valence-corrected chi connectivity index (χ0v) is 18.5. The van der Waals surface area contributed by atoms with E-state index in [9.17, 15) is 9.59 Å². The van der Waals surface area contributed by atoms with Gasteiger partial charge in [0.1, 0.15) is 5.75 Å². The molecule has 1 fully saturated rings. The molecule has 0 aromatic heterocycles. The zero-order valence-electron chi connectivity index (χ0n) is 17.0. The van der Waals surface area contributed by atoms with Crippen molar-refractivity contribution in [3.63, 3.8) is 0 Å². The molecule has 5 nitrogen and oxygen atoms in total. The average molecular weight is 449 g/mol. The van der Waals surface area contributed by atoms with E-state index in [0.29, 0.717) is 27.8 Å². The first-order valence-corrected chi connectivity index (χ1v) is 11.0. The van der Waals surface area contributed by atoms with Gasteiger partial charge in [-0.25, -0.2) is 0 Å². The van der Waals surface area contributed by atoms with Crippen LogP contribution < -0.4 is 10.1 Å². The van der Waals surface area contributed by atoms with Crippen LogP contribution >= 0.6 is 23.2 Å². The molecule has 3 rings (SSSR count). The number of carbonyl (C=O) groups excluding carboxylic acids is 2. The van der Waals surface area contributed by atoms with Crippen LogP contribution in [0.15, 0.2) is 42.5 Å². The Labute approximate surface area is 187 Å². The molecule has 1 aliphatic heterocycles. The van der Waals surface area contributed by atoms with Crippen molar-refractivity contribution < 1.29 is 14.3 Å². The first-order valence-electron chi connectivity index (χ1n) is 10.2. The van der Waals surface area contributed by atoms with Crippen molar-refractivity contribution in [3.8, 4) is 5.75 Å². The van der Waals surface area contributed by atoms with E-state index in [4.69, 9.17) is 27.9 Å². The van der Waals surface area contributed by atoms with Gasteiger partial charge in [0.2, 0.25) is 5.91 Å². The number of likely N-dealkylation sites (tertiary alicyclic amines) is 1. The Morgan fingerprint density at radius 3 is 2.40 bits per heavy atom. The molecule has 0 aliphatic carbocycles. The quantitative estimate of drug-likeness (QED) is 0.630. The van der Waals surface area contributed by atoms with E-state index in [2.05, 4.69) is 5.32 Å². The average Bonchev–Trinajstić information content (AvgIpc) is 3.28. The maximum Gasteiger partial charge on any atom is 0.260 e. The summed E-state index contributed by atoms with van der Waals surface area (Å²) in [4.78, 5) is 26.8. The normalized spacial score (nSPS) is 14.4. The lowest BCUT2D eigenvalue weighted by Gasteiger charge is -2.22. The van der Waals surface area contributed by atoms with E-state index in [1.54, 1.807) is 18.2 Å². The Kier molecular flexibility index (Phi) is 8.00. The van der Waals surface area contributed by atoms with Crippen molar-refractivity contribution in [3.05, 3.63) is 63.6 Å². The summed E-state index contributed by atoms with van der Waals surface area (Å²) in [6.45, 7) is 3.57. The van der Waals surface area contributed by atoms with Gasteiger partial charge in [-0.1, -0.05) is 54.4 Å². The van der Waals surface area contributed by atoms with Gasteiger partial charge in [0.05, 0.1) is 12.5 Å². The third kappa shape index (κ3) is 5.67. The number of ether oxygens (including phenoxy) is 1. The number of para-hydroxylation sites is 1. The molecule has 2 amide bonds. The van der Waals surface area contributed by atoms with E-state index in [-0.39, 0.29) is 30.9 Å². The standard InChI is InChI=1S/C23H26Cl2N2O3/c1-2-20(26-22(28)14-17-18(24)9-7-10-19(17)25)16-8-3-4-11-21(16)30-15-23(29)27-12-5-6-13-27/h3-4,7-11,20H,2,5-6,12-15H2,1H3,(H,26,28). The maximum absolute atomic E-state index is 12.7. The molecule has 1 heterocycles. The van der Waals surface area contributed by atoms with Crippen molar-refractivity contribution in [2.75, 3.05) is 19.7 Å². The molecule has 0 saturated carbocycles. The molecule has 1 N–H and O–H groups in total. The second-order valence-corrected chi connectivity index (χ2v) is 8.13. The number of nitrogens with zero attached hydrogens (tertiary/aromatic N) is 1. The lowest BCUT2D eigenvalue weighted by Crippen LogP contribution is -2.33. The van der Waals surface area contributed by atoms with Gasteiger partial charge in [0.25, 0.3) is 5.91 Å². The summed E-state index contributed by atoms with van der Waals surface area (Å²) < 4.78 is 5.85. The van der Waals surface area contributed by atoms with Crippen LogP contribution in [0.4, 0.5) is 0 Å². The Balaban J connectivity index is 1.67. The first-order chi connectivity index (χ1) is 14.5. The van der Waals surface area contributed by atoms with Crippen LogP contribution in [0.25, 0.3) is 0 Å². The first kappa shape index (κ1) is 22.4. The largest absolute Gasteiger partial charge is 0.483 e. The number of hydrogen-bond acceptors (Lipinski definition) is 3. The summed E-state index contributed by atoms with van der Waals surface area (Å²) in [6, 6.07) is 12.4. The predicted octanol–water partition coefficient (Wildman–Crippen LogP) is 4.80. The molecule has 1 atom stereocenters. The molecule has 30 heavy (non-hydrogen) atoms. The van der Waals surface area contributed by atoms with Gasteiger partial charge in [-0.3, -0.25) is 9.59 Å². The Morgan fingerprint density at radius 1 is 1.07 bits per heavy atom. The van der Waals surface area contributed by atoms with Gasteiger partial charge in [0.15, 0.2) is 6.61 Å². The molecular formula is C23H26Cl2N2O3. The number of nitrogens with one attached hydrogen (secondary N) is 1. The number of halogens is 2. The van der Waals surface area contributed by atoms with Gasteiger partial charge in [-0.15, -0.1) is 0 Å². The van der Waals surface area contributed by atoms with Gasteiger partial charge in [-0.05, 0) is 43.0 Å². The highest BCUT2D eigenvalue weighted by Crippen LogP contribution is 2.29. The molecule has 1 aliphatic rings. The lowest BCUT2D eigenvalue weighted by molar-refractivity contribution is -0.132. The summed E-state index contributed by atoms with van der Waals surface area (Å²) in [5, 5.41) is 3.97. The zero-order chi connectivity index (χ0) is 21.5. The molecule has 0 bridgehead atoms. The summed E-state index contributed by atoms with van der Waals surface area (Å²) >= 11 is 12.4. The van der Waals surface area contributed by atoms with Crippen LogP contribution in [0, 0.1) is 0 Å². The molecule has 1 unspecified atom stereocenters. The summed E-state index contributed by atoms with van der Waals surface area (Å²) in [5.74, 6) is 0.417. The highest BCUT2D eigenvalue weighted by Gasteiger charge is 2.21. The molecule has 7 heteroatoms. The number of amides is 2. The molecule has 160 valence electrons. The smallest absolute Gasteiger partial charge is 0.260 e. The second kappa shape index (κ2) is 10.7. The van der Waals surface area contributed by atoms with Crippen molar-refractivity contribution in [2.24, 2.45) is 0 Å². The second-order valence-electron chi connectivity index (χ2n) is 7.32. The minimum absolute atomic E-state index is 0.00335. The monoisotopic (exact) mass is 448 g/mol. The fourth-order valence-corrected chi connectivity index (χ4v) is 4.14. The van der Waals surface area contributed by atoms with E-state index in [1.165, 1.54) is 0 Å². The third-order valence-corrected chi connectivity index (χ3v) is 5.96. The Bertz CT molecular complexity index is 878. The highest BCUT2D eigenvalue weighted by molar-refractivity contribution is 6.36. The van der Waals surface area contributed by atoms with Crippen molar-refractivity contribution in [1.82, 2.24) is 10.2 Å². The fraction of sp³-hybridized carbons (Fsp3) is 0.391. The minimum Gasteiger partial charge on any atom is -0.483 e. The topological polar surface area (TPSA) is 58.6 Å². The minimum atomic E-state index is -0.253. The van der Waals surface area contributed by atoms with Gasteiger partial charge in [-0.2, -0.15) is 0 Å². The van der Waals surface area contributed by atoms with Crippen molar-refractivity contribution >= 4 is 35.0 Å². The van der Waals surface area contributed by atoms with Gasteiger partial charge in [0, 0.05) is 28.7 Å². The third-order valence-electron chi connectivity index (χ3n) is 5.25. The molecule has 0 radical (unpaired) electrons. The lowest BCUT2D eigenvalue weighted by atomic mass is 10.0. The fourth-order valence-electron chi connectivity index (χ4n) is 3.60. The van der Waals surface area contributed by atoms with Crippen LogP contribution in [0.2, 0.25) is 10.0 Å².